The Morgan fingerprint density at radius 2 is 1.78 bits per heavy atom. The molecule has 2 saturated heterocycles. The van der Waals surface area contributed by atoms with E-state index in [4.69, 9.17) is 9.47 Å². The van der Waals surface area contributed by atoms with Crippen LogP contribution in [0.4, 0.5) is 5.69 Å². The SMILES string of the molecule is O=C(c1ccc(OCCCC2CO2)cc1)N1CCC(N2C(=O)CCc3ccccc32)CC1. The fraction of sp³-hybridized carbons (Fsp3) is 0.462. The molecule has 1 unspecified atom stereocenters. The fourth-order valence-corrected chi connectivity index (χ4v) is 4.79. The number of likely N-dealkylation sites (tertiary alicyclic amines) is 1. The molecule has 5 rings (SSSR count). The Morgan fingerprint density at radius 3 is 2.53 bits per heavy atom. The Morgan fingerprint density at radius 1 is 1.03 bits per heavy atom. The van der Waals surface area contributed by atoms with Crippen LogP contribution in [0.2, 0.25) is 0 Å². The van der Waals surface area contributed by atoms with Crippen molar-refractivity contribution in [2.75, 3.05) is 31.2 Å². The first kappa shape index (κ1) is 21.0. The molecule has 0 aliphatic carbocycles. The number of nitrogens with zero attached hydrogens (tertiary/aromatic N) is 2. The number of para-hydroxylation sites is 1. The van der Waals surface area contributed by atoms with E-state index in [1.54, 1.807) is 0 Å². The number of carbonyl (C=O) groups excluding carboxylic acids is 2. The normalized spacial score (nSPS) is 20.8. The Balaban J connectivity index is 1.15. The molecule has 6 heteroatoms. The van der Waals surface area contributed by atoms with E-state index in [0.717, 1.165) is 50.1 Å². The van der Waals surface area contributed by atoms with Gasteiger partial charge < -0.3 is 19.3 Å². The van der Waals surface area contributed by atoms with E-state index >= 15 is 0 Å². The van der Waals surface area contributed by atoms with Gasteiger partial charge in [-0.1, -0.05) is 18.2 Å². The molecule has 0 bridgehead atoms. The highest BCUT2D eigenvalue weighted by Crippen LogP contribution is 2.32. The summed E-state index contributed by atoms with van der Waals surface area (Å²) in [5.74, 6) is 1.04. The molecule has 6 nitrogen and oxygen atoms in total. The van der Waals surface area contributed by atoms with Crippen LogP contribution in [0.1, 0.15) is 48.0 Å². The standard InChI is InChI=1S/C26H30N2O4/c29-25-12-9-19-4-1-2-6-24(19)28(25)21-13-15-27(16-14-21)26(30)20-7-10-22(11-8-20)31-17-3-5-23-18-32-23/h1-2,4,6-8,10-11,21,23H,3,5,9,12-18H2. The number of anilines is 1. The van der Waals surface area contributed by atoms with Crippen molar-refractivity contribution in [1.29, 1.82) is 0 Å². The van der Waals surface area contributed by atoms with Crippen molar-refractivity contribution in [2.24, 2.45) is 0 Å². The maximum Gasteiger partial charge on any atom is 0.253 e. The Kier molecular flexibility index (Phi) is 6.12. The van der Waals surface area contributed by atoms with Crippen LogP contribution in [0.5, 0.6) is 5.75 Å². The second-order valence-electron chi connectivity index (χ2n) is 8.89. The zero-order chi connectivity index (χ0) is 21.9. The lowest BCUT2D eigenvalue weighted by Crippen LogP contribution is -2.50. The van der Waals surface area contributed by atoms with Gasteiger partial charge in [0.1, 0.15) is 5.75 Å². The van der Waals surface area contributed by atoms with E-state index in [0.29, 0.717) is 37.8 Å². The molecule has 3 heterocycles. The molecule has 0 spiro atoms. The predicted molar refractivity (Wildman–Crippen MR) is 122 cm³/mol. The molecule has 168 valence electrons. The first-order valence-electron chi connectivity index (χ1n) is 11.7. The second kappa shape index (κ2) is 9.33. The van der Waals surface area contributed by atoms with E-state index in [-0.39, 0.29) is 17.9 Å². The second-order valence-corrected chi connectivity index (χ2v) is 8.89. The molecule has 3 aliphatic heterocycles. The first-order valence-corrected chi connectivity index (χ1v) is 11.7. The molecule has 2 aromatic carbocycles. The number of benzene rings is 2. The Labute approximate surface area is 189 Å². The summed E-state index contributed by atoms with van der Waals surface area (Å²) >= 11 is 0. The van der Waals surface area contributed by atoms with E-state index in [9.17, 15) is 9.59 Å². The summed E-state index contributed by atoms with van der Waals surface area (Å²) in [4.78, 5) is 29.6. The minimum absolute atomic E-state index is 0.0475. The molecule has 32 heavy (non-hydrogen) atoms. The number of hydrogen-bond acceptors (Lipinski definition) is 4. The molecule has 3 aliphatic rings. The van der Waals surface area contributed by atoms with Crippen LogP contribution in [-0.2, 0) is 16.0 Å². The van der Waals surface area contributed by atoms with Crippen molar-refractivity contribution in [3.05, 3.63) is 59.7 Å². The topological polar surface area (TPSA) is 62.4 Å². The summed E-state index contributed by atoms with van der Waals surface area (Å²) in [7, 11) is 0. The van der Waals surface area contributed by atoms with Gasteiger partial charge in [-0.2, -0.15) is 0 Å². The summed E-state index contributed by atoms with van der Waals surface area (Å²) in [6.45, 7) is 2.88. The lowest BCUT2D eigenvalue weighted by atomic mass is 9.95. The maximum atomic E-state index is 13.0. The van der Waals surface area contributed by atoms with E-state index in [1.807, 2.05) is 52.3 Å². The third-order valence-corrected chi connectivity index (χ3v) is 6.69. The van der Waals surface area contributed by atoms with Crippen molar-refractivity contribution in [2.45, 2.75) is 50.7 Å². The zero-order valence-electron chi connectivity index (χ0n) is 18.4. The van der Waals surface area contributed by atoms with Gasteiger partial charge in [0.05, 0.1) is 19.3 Å². The highest BCUT2D eigenvalue weighted by molar-refractivity contribution is 5.97. The number of fused-ring (bicyclic) bond motifs is 1. The number of hydrogen-bond donors (Lipinski definition) is 0. The van der Waals surface area contributed by atoms with Crippen molar-refractivity contribution in [3.63, 3.8) is 0 Å². The van der Waals surface area contributed by atoms with Gasteiger partial charge in [0.15, 0.2) is 0 Å². The molecule has 2 fully saturated rings. The van der Waals surface area contributed by atoms with Gasteiger partial charge in [0, 0.05) is 36.8 Å². The van der Waals surface area contributed by atoms with Crippen LogP contribution < -0.4 is 9.64 Å². The Bertz CT molecular complexity index is 962. The number of carbonyl (C=O) groups is 2. The van der Waals surface area contributed by atoms with E-state index in [1.165, 1.54) is 5.56 Å². The number of rotatable bonds is 7. The van der Waals surface area contributed by atoms with Crippen LogP contribution in [0.3, 0.4) is 0 Å². The summed E-state index contributed by atoms with van der Waals surface area (Å²) < 4.78 is 11.0. The smallest absolute Gasteiger partial charge is 0.253 e. The molecule has 0 radical (unpaired) electrons. The van der Waals surface area contributed by atoms with Crippen molar-refractivity contribution >= 4 is 17.5 Å². The number of ether oxygens (including phenoxy) is 2. The molecular weight excluding hydrogens is 404 g/mol. The molecular formula is C26H30N2O4. The van der Waals surface area contributed by atoms with Gasteiger partial charge in [-0.25, -0.2) is 0 Å². The molecule has 2 amide bonds. The van der Waals surface area contributed by atoms with E-state index < -0.39 is 0 Å². The van der Waals surface area contributed by atoms with Gasteiger partial charge in [-0.05, 0) is 68.0 Å². The monoisotopic (exact) mass is 434 g/mol. The predicted octanol–water partition coefficient (Wildman–Crippen LogP) is 3.83. The summed E-state index contributed by atoms with van der Waals surface area (Å²) in [5.41, 5.74) is 2.98. The van der Waals surface area contributed by atoms with Crippen LogP contribution >= 0.6 is 0 Å². The molecule has 0 aromatic heterocycles. The molecule has 0 saturated carbocycles. The highest BCUT2D eigenvalue weighted by atomic mass is 16.6. The quantitative estimate of drug-likeness (QED) is 0.491. The Hall–Kier alpha value is -2.86. The third-order valence-electron chi connectivity index (χ3n) is 6.69. The summed E-state index contributed by atoms with van der Waals surface area (Å²) in [5, 5.41) is 0. The van der Waals surface area contributed by atoms with Crippen molar-refractivity contribution in [1.82, 2.24) is 4.90 Å². The maximum absolute atomic E-state index is 13.0. The van der Waals surface area contributed by atoms with Gasteiger partial charge in [0.25, 0.3) is 5.91 Å². The average molecular weight is 435 g/mol. The fourth-order valence-electron chi connectivity index (χ4n) is 4.79. The van der Waals surface area contributed by atoms with Gasteiger partial charge in [-0.15, -0.1) is 0 Å². The molecule has 0 N–H and O–H groups in total. The van der Waals surface area contributed by atoms with Gasteiger partial charge in [0.2, 0.25) is 5.91 Å². The zero-order valence-corrected chi connectivity index (χ0v) is 18.4. The third kappa shape index (κ3) is 4.65. The minimum atomic E-state index is 0.0475. The van der Waals surface area contributed by atoms with Crippen LogP contribution in [0.15, 0.2) is 48.5 Å². The first-order chi connectivity index (χ1) is 15.7. The number of piperidine rings is 1. The lowest BCUT2D eigenvalue weighted by molar-refractivity contribution is -0.119. The van der Waals surface area contributed by atoms with Crippen molar-refractivity contribution in [3.8, 4) is 5.75 Å². The van der Waals surface area contributed by atoms with Crippen LogP contribution in [0, 0.1) is 0 Å². The molecule has 1 atom stereocenters. The average Bonchev–Trinajstić information content (AvgIpc) is 3.66. The van der Waals surface area contributed by atoms with E-state index in [2.05, 4.69) is 6.07 Å². The van der Waals surface area contributed by atoms with Crippen molar-refractivity contribution < 1.29 is 19.1 Å². The lowest BCUT2D eigenvalue weighted by Gasteiger charge is -2.41. The number of aryl methyl sites for hydroxylation is 1. The van der Waals surface area contributed by atoms with Crippen LogP contribution in [-0.4, -0.2) is 55.2 Å². The largest absolute Gasteiger partial charge is 0.494 e. The molecule has 2 aromatic rings. The highest BCUT2D eigenvalue weighted by Gasteiger charge is 2.33. The summed E-state index contributed by atoms with van der Waals surface area (Å²) in [6, 6.07) is 15.8. The van der Waals surface area contributed by atoms with Gasteiger partial charge in [-0.3, -0.25) is 9.59 Å². The van der Waals surface area contributed by atoms with Gasteiger partial charge >= 0.3 is 0 Å². The number of epoxide rings is 1. The minimum Gasteiger partial charge on any atom is -0.494 e. The summed E-state index contributed by atoms with van der Waals surface area (Å²) in [6.07, 6.45) is 5.45. The number of amides is 2. The van der Waals surface area contributed by atoms with Crippen LogP contribution in [0.25, 0.3) is 0 Å².